The minimum atomic E-state index is -0.385. The number of rotatable bonds is 3. The summed E-state index contributed by atoms with van der Waals surface area (Å²) in [7, 11) is 1.34. The molecule has 0 bridgehead atoms. The van der Waals surface area contributed by atoms with Crippen LogP contribution in [-0.4, -0.2) is 23.3 Å². The van der Waals surface area contributed by atoms with Crippen LogP contribution >= 0.6 is 23.1 Å². The summed E-state index contributed by atoms with van der Waals surface area (Å²) in [5, 5.41) is 7.64. The molecule has 0 fully saturated rings. The summed E-state index contributed by atoms with van der Waals surface area (Å²) in [5.41, 5.74) is 8.53. The summed E-state index contributed by atoms with van der Waals surface area (Å²) in [5.74, 6) is -0.385. The molecule has 0 atom stereocenters. The second-order valence-electron chi connectivity index (χ2n) is 3.05. The Morgan fingerprint density at radius 2 is 2.35 bits per heavy atom. The van der Waals surface area contributed by atoms with Gasteiger partial charge in [0.1, 0.15) is 5.51 Å². The van der Waals surface area contributed by atoms with Gasteiger partial charge >= 0.3 is 5.97 Å². The minimum Gasteiger partial charge on any atom is -0.465 e. The number of ether oxygens (including phenoxy) is 1. The zero-order valence-corrected chi connectivity index (χ0v) is 10.5. The third-order valence-electron chi connectivity index (χ3n) is 1.97. The van der Waals surface area contributed by atoms with E-state index in [0.29, 0.717) is 11.3 Å². The van der Waals surface area contributed by atoms with E-state index in [1.807, 2.05) is 0 Å². The van der Waals surface area contributed by atoms with Crippen LogP contribution in [0.3, 0.4) is 0 Å². The van der Waals surface area contributed by atoms with Crippen molar-refractivity contribution in [2.75, 3.05) is 12.8 Å². The van der Waals surface area contributed by atoms with Gasteiger partial charge in [-0.3, -0.25) is 0 Å². The number of nitrogens with two attached hydrogens (primary N) is 1. The highest BCUT2D eigenvalue weighted by Gasteiger charge is 2.10. The van der Waals surface area contributed by atoms with Gasteiger partial charge in [0.2, 0.25) is 0 Å². The van der Waals surface area contributed by atoms with E-state index >= 15 is 0 Å². The van der Waals surface area contributed by atoms with Gasteiger partial charge < -0.3 is 10.5 Å². The molecular weight excluding hydrogens is 258 g/mol. The van der Waals surface area contributed by atoms with Crippen LogP contribution in [0.25, 0.3) is 0 Å². The monoisotopic (exact) mass is 267 g/mol. The molecule has 0 aliphatic carbocycles. The topological polar surface area (TPSA) is 78.1 Å². The third-order valence-corrected chi connectivity index (χ3v) is 3.82. The highest BCUT2D eigenvalue weighted by atomic mass is 32.2. The lowest BCUT2D eigenvalue weighted by atomic mass is 10.2. The maximum atomic E-state index is 11.4. The zero-order valence-electron chi connectivity index (χ0n) is 8.91. The normalized spacial score (nSPS) is 10.2. The van der Waals surface area contributed by atoms with Crippen molar-refractivity contribution in [3.63, 3.8) is 0 Å². The summed E-state index contributed by atoms with van der Waals surface area (Å²) < 4.78 is 5.43. The van der Waals surface area contributed by atoms with E-state index in [4.69, 9.17) is 5.73 Å². The number of nitrogen functional groups attached to an aromatic ring is 1. The average Bonchev–Trinajstić information content (AvgIpc) is 2.84. The van der Waals surface area contributed by atoms with Crippen molar-refractivity contribution >= 4 is 34.8 Å². The number of aromatic nitrogens is 2. The molecule has 7 heteroatoms. The Balaban J connectivity index is 2.29. The van der Waals surface area contributed by atoms with Crippen LogP contribution in [0.2, 0.25) is 0 Å². The fraction of sp³-hybridized carbons (Fsp3) is 0.100. The first kappa shape index (κ1) is 11.9. The lowest BCUT2D eigenvalue weighted by Crippen LogP contribution is -2.02. The molecule has 17 heavy (non-hydrogen) atoms. The largest absolute Gasteiger partial charge is 0.465 e. The molecule has 0 spiro atoms. The number of esters is 1. The first-order valence-electron chi connectivity index (χ1n) is 4.62. The lowest BCUT2D eigenvalue weighted by Gasteiger charge is -2.05. The van der Waals surface area contributed by atoms with Crippen LogP contribution in [0.5, 0.6) is 0 Å². The Labute approximate surface area is 106 Å². The second-order valence-corrected chi connectivity index (χ2v) is 5.17. The molecule has 1 aromatic carbocycles. The van der Waals surface area contributed by atoms with Crippen LogP contribution in [-0.2, 0) is 4.74 Å². The van der Waals surface area contributed by atoms with Gasteiger partial charge in [-0.25, -0.2) is 4.79 Å². The molecule has 2 aromatic rings. The van der Waals surface area contributed by atoms with Gasteiger partial charge in [-0.1, -0.05) is 23.1 Å². The maximum Gasteiger partial charge on any atom is 0.337 e. The highest BCUT2D eigenvalue weighted by molar-refractivity contribution is 8.01. The average molecular weight is 267 g/mol. The summed E-state index contributed by atoms with van der Waals surface area (Å²) in [6.45, 7) is 0. The van der Waals surface area contributed by atoms with Crippen molar-refractivity contribution in [1.29, 1.82) is 0 Å². The smallest absolute Gasteiger partial charge is 0.337 e. The summed E-state index contributed by atoms with van der Waals surface area (Å²) >= 11 is 2.79. The Morgan fingerprint density at radius 3 is 3.00 bits per heavy atom. The maximum absolute atomic E-state index is 11.4. The first-order valence-corrected chi connectivity index (χ1v) is 6.32. The standard InChI is InChI=1S/C10H9N3O2S2/c1-15-9(14)6-2-3-7(11)8(4-6)17-10-13-12-5-16-10/h2-5H,11H2,1H3. The van der Waals surface area contributed by atoms with Gasteiger partial charge in [-0.05, 0) is 18.2 Å². The van der Waals surface area contributed by atoms with Gasteiger partial charge in [0.15, 0.2) is 4.34 Å². The lowest BCUT2D eigenvalue weighted by molar-refractivity contribution is 0.0600. The molecule has 0 aliphatic rings. The number of anilines is 1. The van der Waals surface area contributed by atoms with E-state index in [-0.39, 0.29) is 5.97 Å². The molecule has 1 aromatic heterocycles. The molecule has 2 N–H and O–H groups in total. The van der Waals surface area contributed by atoms with E-state index < -0.39 is 0 Å². The van der Waals surface area contributed by atoms with Crippen LogP contribution in [0, 0.1) is 0 Å². The van der Waals surface area contributed by atoms with Gasteiger partial charge in [0.05, 0.1) is 12.7 Å². The van der Waals surface area contributed by atoms with Gasteiger partial charge in [-0.15, -0.1) is 10.2 Å². The Kier molecular flexibility index (Phi) is 3.60. The third kappa shape index (κ3) is 2.75. The fourth-order valence-electron chi connectivity index (χ4n) is 1.17. The Hall–Kier alpha value is -1.60. The van der Waals surface area contributed by atoms with Gasteiger partial charge in [0, 0.05) is 10.6 Å². The van der Waals surface area contributed by atoms with Gasteiger partial charge in [0.25, 0.3) is 0 Å². The van der Waals surface area contributed by atoms with Crippen LogP contribution in [0.1, 0.15) is 10.4 Å². The van der Waals surface area contributed by atoms with Crippen molar-refractivity contribution in [1.82, 2.24) is 10.2 Å². The summed E-state index contributed by atoms with van der Waals surface area (Å²) in [6, 6.07) is 4.99. The second kappa shape index (κ2) is 5.15. The summed E-state index contributed by atoms with van der Waals surface area (Å²) in [4.78, 5) is 12.1. The number of carbonyl (C=O) groups is 1. The van der Waals surface area contributed by atoms with Crippen molar-refractivity contribution in [2.45, 2.75) is 9.24 Å². The molecule has 0 radical (unpaired) electrons. The Morgan fingerprint density at radius 1 is 1.53 bits per heavy atom. The molecule has 1 heterocycles. The molecule has 0 amide bonds. The minimum absolute atomic E-state index is 0.385. The fourth-order valence-corrected chi connectivity index (χ4v) is 2.69. The number of hydrogen-bond acceptors (Lipinski definition) is 7. The van der Waals surface area contributed by atoms with E-state index in [1.165, 1.54) is 30.2 Å². The Bertz CT molecular complexity index is 528. The van der Waals surface area contributed by atoms with Crippen molar-refractivity contribution in [2.24, 2.45) is 0 Å². The van der Waals surface area contributed by atoms with E-state index in [0.717, 1.165) is 9.24 Å². The van der Waals surface area contributed by atoms with E-state index in [1.54, 1.807) is 23.7 Å². The summed E-state index contributed by atoms with van der Waals surface area (Å²) in [6.07, 6.45) is 0. The number of nitrogens with zero attached hydrogens (tertiary/aromatic N) is 2. The van der Waals surface area contributed by atoms with E-state index in [2.05, 4.69) is 14.9 Å². The number of carbonyl (C=O) groups excluding carboxylic acids is 1. The molecule has 0 saturated carbocycles. The van der Waals surface area contributed by atoms with Crippen molar-refractivity contribution in [3.8, 4) is 0 Å². The van der Waals surface area contributed by atoms with Gasteiger partial charge in [-0.2, -0.15) is 0 Å². The number of methoxy groups -OCH3 is 1. The van der Waals surface area contributed by atoms with E-state index in [9.17, 15) is 4.79 Å². The van der Waals surface area contributed by atoms with Crippen LogP contribution < -0.4 is 5.73 Å². The number of benzene rings is 1. The van der Waals surface area contributed by atoms with Crippen LogP contribution in [0.4, 0.5) is 5.69 Å². The van der Waals surface area contributed by atoms with Crippen molar-refractivity contribution < 1.29 is 9.53 Å². The van der Waals surface area contributed by atoms with Crippen LogP contribution in [0.15, 0.2) is 32.9 Å². The molecule has 88 valence electrons. The molecule has 0 aliphatic heterocycles. The predicted octanol–water partition coefficient (Wildman–Crippen LogP) is 2.06. The molecule has 0 saturated heterocycles. The van der Waals surface area contributed by atoms with Crippen molar-refractivity contribution in [3.05, 3.63) is 29.3 Å². The number of hydrogen-bond donors (Lipinski definition) is 1. The predicted molar refractivity (Wildman–Crippen MR) is 66.2 cm³/mol. The molecule has 0 unspecified atom stereocenters. The quantitative estimate of drug-likeness (QED) is 0.677. The highest BCUT2D eigenvalue weighted by Crippen LogP contribution is 2.33. The molecule has 5 nitrogen and oxygen atoms in total. The zero-order chi connectivity index (χ0) is 12.3. The SMILES string of the molecule is COC(=O)c1ccc(N)c(Sc2nncs2)c1. The molecule has 2 rings (SSSR count). The first-order chi connectivity index (χ1) is 8.20. The molecular formula is C10H9N3O2S2.